The summed E-state index contributed by atoms with van der Waals surface area (Å²) in [6, 6.07) is 14.9. The van der Waals surface area contributed by atoms with Gasteiger partial charge in [-0.2, -0.15) is 5.09 Å². The molecule has 3 N–H and O–H groups in total. The van der Waals surface area contributed by atoms with Crippen LogP contribution in [0.5, 0.6) is 5.75 Å². The zero-order chi connectivity index (χ0) is 28.9. The van der Waals surface area contributed by atoms with Crippen molar-refractivity contribution in [1.82, 2.24) is 19.6 Å². The van der Waals surface area contributed by atoms with Crippen LogP contribution in [0, 0.1) is 0 Å². The number of nitrogens with zero attached hydrogens (tertiary/aromatic N) is 3. The number of carbonyl (C=O) groups is 1. The Hall–Kier alpha value is -3.50. The zero-order valence-corrected chi connectivity index (χ0v) is 24.3. The van der Waals surface area contributed by atoms with Crippen molar-refractivity contribution in [1.29, 1.82) is 0 Å². The Kier molecular flexibility index (Phi) is 9.42. The zero-order valence-electron chi connectivity index (χ0n) is 23.4. The predicted molar refractivity (Wildman–Crippen MR) is 154 cm³/mol. The predicted octanol–water partition coefficient (Wildman–Crippen LogP) is 5.40. The number of hydrogen-bond donors (Lipinski definition) is 2. The van der Waals surface area contributed by atoms with E-state index >= 15 is 0 Å². The molecule has 0 amide bonds. The van der Waals surface area contributed by atoms with Crippen LogP contribution in [0.15, 0.2) is 54.6 Å². The van der Waals surface area contributed by atoms with E-state index in [0.717, 1.165) is 16.4 Å². The molecule has 3 atom stereocenters. The summed E-state index contributed by atoms with van der Waals surface area (Å²) in [6.07, 6.45) is -0.331. The van der Waals surface area contributed by atoms with Crippen LogP contribution < -0.4 is 15.3 Å². The highest BCUT2D eigenvalue weighted by Gasteiger charge is 2.34. The van der Waals surface area contributed by atoms with Crippen molar-refractivity contribution in [3.63, 3.8) is 0 Å². The number of rotatable bonds is 13. The van der Waals surface area contributed by atoms with Gasteiger partial charge < -0.3 is 24.3 Å². The number of pyridine rings is 1. The van der Waals surface area contributed by atoms with Gasteiger partial charge in [-0.25, -0.2) is 14.5 Å². The fourth-order valence-corrected chi connectivity index (χ4v) is 5.82. The average molecular weight is 570 g/mol. The van der Waals surface area contributed by atoms with E-state index in [1.54, 1.807) is 45.0 Å². The third-order valence-corrected chi connectivity index (χ3v) is 7.66. The maximum Gasteiger partial charge on any atom is 0.459 e. The van der Waals surface area contributed by atoms with Crippen LogP contribution in [0.25, 0.3) is 21.9 Å². The molecule has 0 radical (unpaired) electrons. The number of hydrogen-bond acceptors (Lipinski definition) is 9. The number of fused-ring (bicyclic) bond motifs is 3. The minimum absolute atomic E-state index is 0.0514. The number of imidazole rings is 1. The van der Waals surface area contributed by atoms with Gasteiger partial charge in [0.05, 0.1) is 29.8 Å². The summed E-state index contributed by atoms with van der Waals surface area (Å²) in [5.74, 6) is 0.678. The number of nitrogens with two attached hydrogens (primary N) is 1. The Labute approximate surface area is 233 Å². The van der Waals surface area contributed by atoms with Crippen molar-refractivity contribution in [3.8, 4) is 5.75 Å². The molecular formula is C28H36N5O6P. The molecule has 0 saturated heterocycles. The highest BCUT2D eigenvalue weighted by molar-refractivity contribution is 7.52. The number of nitrogens with one attached hydrogen (secondary N) is 1. The topological polar surface area (TPSA) is 140 Å². The summed E-state index contributed by atoms with van der Waals surface area (Å²) >= 11 is 0. The molecular weight excluding hydrogens is 533 g/mol. The number of anilines is 1. The van der Waals surface area contributed by atoms with E-state index in [4.69, 9.17) is 29.2 Å². The fraction of sp³-hybridized carbons (Fsp3) is 0.393. The lowest BCUT2D eigenvalue weighted by molar-refractivity contribution is -0.149. The molecule has 0 fully saturated rings. The molecule has 2 aromatic heterocycles. The van der Waals surface area contributed by atoms with Crippen molar-refractivity contribution in [2.75, 3.05) is 18.9 Å². The maximum atomic E-state index is 14.0. The molecule has 4 aromatic rings. The first kappa shape index (κ1) is 29.5. The first-order valence-electron chi connectivity index (χ1n) is 13.2. The highest BCUT2D eigenvalue weighted by Crippen LogP contribution is 2.46. The van der Waals surface area contributed by atoms with E-state index in [1.807, 2.05) is 48.7 Å². The highest BCUT2D eigenvalue weighted by atomic mass is 31.2. The summed E-state index contributed by atoms with van der Waals surface area (Å²) in [4.78, 5) is 21.8. The maximum absolute atomic E-state index is 14.0. The van der Waals surface area contributed by atoms with E-state index in [-0.39, 0.29) is 19.3 Å². The van der Waals surface area contributed by atoms with Crippen LogP contribution >= 0.6 is 7.75 Å². The van der Waals surface area contributed by atoms with Gasteiger partial charge in [0.1, 0.15) is 29.7 Å². The van der Waals surface area contributed by atoms with Gasteiger partial charge in [-0.1, -0.05) is 36.4 Å². The second-order valence-electron chi connectivity index (χ2n) is 9.63. The summed E-state index contributed by atoms with van der Waals surface area (Å²) in [5.41, 5.74) is 8.35. The SMILES string of the molecule is CCOCc1nc2c(N)nc3ccccc3c2n1[C@@H](C)CO[P@@](=O)(N[C@@H](C)C(=O)OC(C)C)Oc1ccccc1. The lowest BCUT2D eigenvalue weighted by Crippen LogP contribution is -2.36. The molecule has 0 saturated carbocycles. The second-order valence-corrected chi connectivity index (χ2v) is 11.3. The normalized spacial score (nSPS) is 14.8. The molecule has 2 heterocycles. The first-order valence-corrected chi connectivity index (χ1v) is 14.8. The van der Waals surface area contributed by atoms with E-state index in [9.17, 15) is 9.36 Å². The Balaban J connectivity index is 1.68. The Bertz CT molecular complexity index is 1510. The number of para-hydroxylation sites is 2. The lowest BCUT2D eigenvalue weighted by Gasteiger charge is -2.25. The summed E-state index contributed by atoms with van der Waals surface area (Å²) in [5, 5.41) is 3.59. The van der Waals surface area contributed by atoms with Crippen LogP contribution in [-0.4, -0.2) is 45.9 Å². The molecule has 4 rings (SSSR count). The minimum Gasteiger partial charge on any atom is -0.462 e. The number of nitrogen functional groups attached to an aromatic ring is 1. The number of benzene rings is 2. The van der Waals surface area contributed by atoms with Gasteiger partial charge in [0.25, 0.3) is 0 Å². The van der Waals surface area contributed by atoms with Crippen LogP contribution in [0.4, 0.5) is 5.82 Å². The molecule has 12 heteroatoms. The van der Waals surface area contributed by atoms with E-state index in [1.165, 1.54) is 0 Å². The van der Waals surface area contributed by atoms with Crippen molar-refractivity contribution >= 4 is 41.5 Å². The Morgan fingerprint density at radius 2 is 1.75 bits per heavy atom. The minimum atomic E-state index is -4.06. The van der Waals surface area contributed by atoms with E-state index in [2.05, 4.69) is 10.1 Å². The third kappa shape index (κ3) is 6.79. The van der Waals surface area contributed by atoms with Gasteiger partial charge >= 0.3 is 13.7 Å². The average Bonchev–Trinajstić information content (AvgIpc) is 3.31. The first-order chi connectivity index (χ1) is 19.1. The van der Waals surface area contributed by atoms with Gasteiger partial charge in [0.2, 0.25) is 0 Å². The lowest BCUT2D eigenvalue weighted by atomic mass is 10.1. The summed E-state index contributed by atoms with van der Waals surface area (Å²) < 4.78 is 38.7. The smallest absolute Gasteiger partial charge is 0.459 e. The molecule has 11 nitrogen and oxygen atoms in total. The fourth-order valence-electron chi connectivity index (χ4n) is 4.25. The third-order valence-electron chi connectivity index (χ3n) is 6.01. The number of esters is 1. The van der Waals surface area contributed by atoms with Crippen molar-refractivity contribution in [2.45, 2.75) is 59.4 Å². The largest absolute Gasteiger partial charge is 0.462 e. The standard InChI is InChI=1S/C28H36N5O6P/c1-6-36-17-24-31-25-26(22-14-10-11-15-23(22)30-27(25)29)33(24)19(4)16-37-40(35,39-21-12-8-7-9-13-21)32-20(5)28(34)38-18(2)3/h7-15,18-20H,6,16-17H2,1-5H3,(H2,29,30)(H,32,35)/t19-,20-,40-/m0/s1. The molecule has 0 bridgehead atoms. The summed E-state index contributed by atoms with van der Waals surface area (Å²) in [6.45, 7) is 9.52. The van der Waals surface area contributed by atoms with Crippen LogP contribution in [0.2, 0.25) is 0 Å². The van der Waals surface area contributed by atoms with Gasteiger partial charge in [-0.05, 0) is 52.8 Å². The Morgan fingerprint density at radius 3 is 2.45 bits per heavy atom. The van der Waals surface area contributed by atoms with Gasteiger partial charge in [-0.3, -0.25) is 9.32 Å². The van der Waals surface area contributed by atoms with Gasteiger partial charge in [0, 0.05) is 12.0 Å². The van der Waals surface area contributed by atoms with E-state index in [0.29, 0.717) is 29.5 Å². The monoisotopic (exact) mass is 569 g/mol. The molecule has 2 aromatic carbocycles. The van der Waals surface area contributed by atoms with Gasteiger partial charge in [0.15, 0.2) is 5.82 Å². The van der Waals surface area contributed by atoms with E-state index < -0.39 is 25.8 Å². The summed E-state index contributed by atoms with van der Waals surface area (Å²) in [7, 11) is -4.06. The van der Waals surface area contributed by atoms with Gasteiger partial charge in [-0.15, -0.1) is 0 Å². The molecule has 0 aliphatic rings. The second kappa shape index (κ2) is 12.8. The molecule has 0 aliphatic heterocycles. The Morgan fingerprint density at radius 1 is 1.05 bits per heavy atom. The van der Waals surface area contributed by atoms with Crippen molar-refractivity contribution in [2.24, 2.45) is 0 Å². The molecule has 40 heavy (non-hydrogen) atoms. The molecule has 0 unspecified atom stereocenters. The quantitative estimate of drug-likeness (QED) is 0.159. The van der Waals surface area contributed by atoms with Crippen molar-refractivity contribution in [3.05, 3.63) is 60.4 Å². The number of ether oxygens (including phenoxy) is 2. The van der Waals surface area contributed by atoms with Crippen molar-refractivity contribution < 1.29 is 27.9 Å². The molecule has 0 aliphatic carbocycles. The molecule has 214 valence electrons. The van der Waals surface area contributed by atoms with Crippen LogP contribution in [0.1, 0.15) is 46.5 Å². The van der Waals surface area contributed by atoms with Crippen LogP contribution in [-0.2, 0) is 30.0 Å². The number of aromatic nitrogens is 3. The molecule has 0 spiro atoms. The number of carbonyl (C=O) groups excluding carboxylic acids is 1. The van der Waals surface area contributed by atoms with Crippen LogP contribution in [0.3, 0.4) is 0 Å².